The Morgan fingerprint density at radius 3 is 2.95 bits per heavy atom. The standard InChI is InChI=1S/C15H16FN3/c16-12-6-5-11-3-1-4-14(13(11)9-12)19-10-15-17-7-2-8-18-15/h2,5-9,14,19H,1,3-4,10H2. The summed E-state index contributed by atoms with van der Waals surface area (Å²) in [5.41, 5.74) is 2.33. The molecule has 2 aromatic rings. The van der Waals surface area contributed by atoms with E-state index in [1.807, 2.05) is 6.07 Å². The van der Waals surface area contributed by atoms with Crippen LogP contribution >= 0.6 is 0 Å². The largest absolute Gasteiger partial charge is 0.303 e. The highest BCUT2D eigenvalue weighted by Gasteiger charge is 2.20. The van der Waals surface area contributed by atoms with Gasteiger partial charge in [-0.25, -0.2) is 14.4 Å². The average Bonchev–Trinajstić information content (AvgIpc) is 2.46. The molecule has 1 unspecified atom stereocenters. The lowest BCUT2D eigenvalue weighted by atomic mass is 9.87. The fourth-order valence-electron chi connectivity index (χ4n) is 2.62. The van der Waals surface area contributed by atoms with Crippen LogP contribution in [-0.4, -0.2) is 9.97 Å². The monoisotopic (exact) mass is 257 g/mol. The van der Waals surface area contributed by atoms with Crippen LogP contribution in [0.1, 0.15) is 35.8 Å². The minimum Gasteiger partial charge on any atom is -0.303 e. The van der Waals surface area contributed by atoms with E-state index in [1.54, 1.807) is 30.6 Å². The summed E-state index contributed by atoms with van der Waals surface area (Å²) in [6, 6.07) is 7.09. The van der Waals surface area contributed by atoms with Crippen molar-refractivity contribution in [1.29, 1.82) is 0 Å². The summed E-state index contributed by atoms with van der Waals surface area (Å²) in [4.78, 5) is 8.38. The molecule has 1 atom stereocenters. The van der Waals surface area contributed by atoms with Gasteiger partial charge in [-0.05, 0) is 48.6 Å². The Morgan fingerprint density at radius 2 is 2.11 bits per heavy atom. The molecule has 0 amide bonds. The van der Waals surface area contributed by atoms with Gasteiger partial charge in [-0.2, -0.15) is 0 Å². The fraction of sp³-hybridized carbons (Fsp3) is 0.333. The van der Waals surface area contributed by atoms with Crippen molar-refractivity contribution in [3.8, 4) is 0 Å². The number of halogens is 1. The Bertz CT molecular complexity index is 557. The predicted molar refractivity (Wildman–Crippen MR) is 71.0 cm³/mol. The molecule has 4 heteroatoms. The molecule has 0 spiro atoms. The molecule has 0 saturated heterocycles. The van der Waals surface area contributed by atoms with E-state index in [2.05, 4.69) is 15.3 Å². The van der Waals surface area contributed by atoms with Crippen molar-refractivity contribution < 1.29 is 4.39 Å². The van der Waals surface area contributed by atoms with Gasteiger partial charge in [-0.3, -0.25) is 0 Å². The predicted octanol–water partition coefficient (Wildman–Crippen LogP) is 2.78. The molecule has 1 aromatic carbocycles. The van der Waals surface area contributed by atoms with Gasteiger partial charge in [0, 0.05) is 18.4 Å². The van der Waals surface area contributed by atoms with Gasteiger partial charge in [0.1, 0.15) is 11.6 Å². The van der Waals surface area contributed by atoms with Gasteiger partial charge in [0.25, 0.3) is 0 Å². The highest BCUT2D eigenvalue weighted by atomic mass is 19.1. The van der Waals surface area contributed by atoms with Gasteiger partial charge in [0.2, 0.25) is 0 Å². The third kappa shape index (κ3) is 2.79. The molecule has 3 nitrogen and oxygen atoms in total. The van der Waals surface area contributed by atoms with Crippen LogP contribution in [-0.2, 0) is 13.0 Å². The van der Waals surface area contributed by atoms with Crippen LogP contribution in [0, 0.1) is 5.82 Å². The number of fused-ring (bicyclic) bond motifs is 1. The number of hydrogen-bond acceptors (Lipinski definition) is 3. The lowest BCUT2D eigenvalue weighted by Gasteiger charge is -2.26. The number of hydrogen-bond donors (Lipinski definition) is 1. The lowest BCUT2D eigenvalue weighted by molar-refractivity contribution is 0.449. The van der Waals surface area contributed by atoms with Crippen molar-refractivity contribution in [3.05, 3.63) is 59.4 Å². The first kappa shape index (κ1) is 12.2. The van der Waals surface area contributed by atoms with Gasteiger partial charge in [-0.1, -0.05) is 6.07 Å². The summed E-state index contributed by atoms with van der Waals surface area (Å²) in [5, 5.41) is 3.43. The van der Waals surface area contributed by atoms with Gasteiger partial charge in [0.05, 0.1) is 6.54 Å². The van der Waals surface area contributed by atoms with Crippen molar-refractivity contribution in [2.75, 3.05) is 0 Å². The minimum atomic E-state index is -0.164. The first-order chi connectivity index (χ1) is 9.33. The van der Waals surface area contributed by atoms with Crippen LogP contribution in [0.5, 0.6) is 0 Å². The fourth-order valence-corrected chi connectivity index (χ4v) is 2.62. The van der Waals surface area contributed by atoms with Crippen molar-refractivity contribution in [2.45, 2.75) is 31.8 Å². The van der Waals surface area contributed by atoms with Gasteiger partial charge in [0.15, 0.2) is 0 Å². The van der Waals surface area contributed by atoms with Crippen LogP contribution in [0.25, 0.3) is 0 Å². The number of aromatic nitrogens is 2. The van der Waals surface area contributed by atoms with Gasteiger partial charge < -0.3 is 5.32 Å². The number of aryl methyl sites for hydroxylation is 1. The zero-order chi connectivity index (χ0) is 13.1. The molecule has 98 valence electrons. The third-order valence-corrected chi connectivity index (χ3v) is 3.55. The van der Waals surface area contributed by atoms with Crippen molar-refractivity contribution >= 4 is 0 Å². The molecular formula is C15H16FN3. The molecule has 1 heterocycles. The van der Waals surface area contributed by atoms with Crippen molar-refractivity contribution in [1.82, 2.24) is 15.3 Å². The Labute approximate surface area is 111 Å². The normalized spacial score (nSPS) is 18.1. The average molecular weight is 257 g/mol. The van der Waals surface area contributed by atoms with E-state index in [0.29, 0.717) is 6.54 Å². The first-order valence-electron chi connectivity index (χ1n) is 6.60. The summed E-state index contributed by atoms with van der Waals surface area (Å²) < 4.78 is 13.4. The molecule has 0 saturated carbocycles. The van der Waals surface area contributed by atoms with Crippen LogP contribution < -0.4 is 5.32 Å². The summed E-state index contributed by atoms with van der Waals surface area (Å²) in [7, 11) is 0. The Morgan fingerprint density at radius 1 is 1.26 bits per heavy atom. The first-order valence-corrected chi connectivity index (χ1v) is 6.60. The van der Waals surface area contributed by atoms with Crippen LogP contribution in [0.4, 0.5) is 4.39 Å². The van der Waals surface area contributed by atoms with E-state index in [1.165, 1.54) is 5.56 Å². The van der Waals surface area contributed by atoms with E-state index in [4.69, 9.17) is 0 Å². The summed E-state index contributed by atoms with van der Waals surface area (Å²) >= 11 is 0. The second-order valence-electron chi connectivity index (χ2n) is 4.83. The van der Waals surface area contributed by atoms with Crippen LogP contribution in [0.15, 0.2) is 36.7 Å². The molecule has 0 aliphatic heterocycles. The Kier molecular flexibility index (Phi) is 3.51. The molecule has 0 radical (unpaired) electrons. The SMILES string of the molecule is Fc1ccc2c(c1)C(NCc1ncccn1)CCC2. The number of rotatable bonds is 3. The highest BCUT2D eigenvalue weighted by Crippen LogP contribution is 2.30. The molecular weight excluding hydrogens is 241 g/mol. The Hall–Kier alpha value is -1.81. The number of benzene rings is 1. The van der Waals surface area contributed by atoms with Gasteiger partial charge in [-0.15, -0.1) is 0 Å². The summed E-state index contributed by atoms with van der Waals surface area (Å²) in [6.07, 6.45) is 6.67. The molecule has 1 aromatic heterocycles. The summed E-state index contributed by atoms with van der Waals surface area (Å²) in [5.74, 6) is 0.606. The highest BCUT2D eigenvalue weighted by molar-refractivity contribution is 5.32. The lowest BCUT2D eigenvalue weighted by Crippen LogP contribution is -2.25. The maximum absolute atomic E-state index is 13.4. The second kappa shape index (κ2) is 5.45. The topological polar surface area (TPSA) is 37.8 Å². The van der Waals surface area contributed by atoms with E-state index >= 15 is 0 Å². The third-order valence-electron chi connectivity index (χ3n) is 3.55. The van der Waals surface area contributed by atoms with E-state index in [0.717, 1.165) is 30.7 Å². The van der Waals surface area contributed by atoms with E-state index in [9.17, 15) is 4.39 Å². The van der Waals surface area contributed by atoms with Crippen molar-refractivity contribution in [3.63, 3.8) is 0 Å². The zero-order valence-corrected chi connectivity index (χ0v) is 10.6. The zero-order valence-electron chi connectivity index (χ0n) is 10.6. The number of nitrogens with zero attached hydrogens (tertiary/aromatic N) is 2. The molecule has 1 aliphatic carbocycles. The molecule has 0 fully saturated rings. The minimum absolute atomic E-state index is 0.164. The van der Waals surface area contributed by atoms with Crippen LogP contribution in [0.3, 0.4) is 0 Å². The van der Waals surface area contributed by atoms with E-state index < -0.39 is 0 Å². The maximum Gasteiger partial charge on any atom is 0.141 e. The van der Waals surface area contributed by atoms with Gasteiger partial charge >= 0.3 is 0 Å². The maximum atomic E-state index is 13.4. The van der Waals surface area contributed by atoms with Crippen LogP contribution in [0.2, 0.25) is 0 Å². The number of nitrogens with one attached hydrogen (secondary N) is 1. The molecule has 3 rings (SSSR count). The van der Waals surface area contributed by atoms with E-state index in [-0.39, 0.29) is 11.9 Å². The Balaban J connectivity index is 1.75. The van der Waals surface area contributed by atoms with Crippen molar-refractivity contribution in [2.24, 2.45) is 0 Å². The molecule has 0 bridgehead atoms. The second-order valence-corrected chi connectivity index (χ2v) is 4.83. The molecule has 19 heavy (non-hydrogen) atoms. The smallest absolute Gasteiger partial charge is 0.141 e. The summed E-state index contributed by atoms with van der Waals surface area (Å²) in [6.45, 7) is 0.613. The quantitative estimate of drug-likeness (QED) is 0.918. The molecule has 1 aliphatic rings. The molecule has 1 N–H and O–H groups in total.